The van der Waals surface area contributed by atoms with Crippen LogP contribution in [0, 0.1) is 0 Å². The highest BCUT2D eigenvalue weighted by Crippen LogP contribution is 2.38. The molecule has 0 saturated heterocycles. The van der Waals surface area contributed by atoms with E-state index in [9.17, 15) is 14.3 Å². The van der Waals surface area contributed by atoms with Gasteiger partial charge in [0.2, 0.25) is 6.41 Å². The largest absolute Gasteiger partial charge is 0.756 e. The van der Waals surface area contributed by atoms with Gasteiger partial charge in [0.25, 0.3) is 7.82 Å². The Morgan fingerprint density at radius 1 is 1.44 bits per heavy atom. The minimum atomic E-state index is -4.40. The Morgan fingerprint density at radius 2 is 2.06 bits per heavy atom. The molecule has 0 aliphatic carbocycles. The molecule has 1 unspecified atom stereocenters. The molecule has 1 amide bonds. The van der Waals surface area contributed by atoms with Crippen LogP contribution in [0.4, 0.5) is 0 Å². The number of carbonyl (C=O) groups is 1. The maximum atomic E-state index is 11.3. The van der Waals surface area contributed by atoms with E-state index in [1.165, 1.54) is 0 Å². The summed E-state index contributed by atoms with van der Waals surface area (Å²) in [7, 11) is 1.30. The molecule has 0 fully saturated rings. The normalized spacial score (nSPS) is 16.9. The number of hydrogen-bond acceptors (Lipinski definition) is 6. The lowest BCUT2D eigenvalue weighted by molar-refractivity contribution is -0.870. The summed E-state index contributed by atoms with van der Waals surface area (Å²) in [5, 5.41) is 11.0. The number of nitrogens with one attached hydrogen (secondary N) is 1. The van der Waals surface area contributed by atoms with Gasteiger partial charge >= 0.3 is 0 Å². The van der Waals surface area contributed by atoms with Crippen LogP contribution in [0.25, 0.3) is 0 Å². The molecule has 2 N–H and O–H groups in total. The molecule has 0 aromatic carbocycles. The van der Waals surface area contributed by atoms with Crippen molar-refractivity contribution in [2.24, 2.45) is 0 Å². The van der Waals surface area contributed by atoms with Crippen molar-refractivity contribution in [3.8, 4) is 0 Å². The summed E-state index contributed by atoms with van der Waals surface area (Å²) in [5.41, 5.74) is 0. The van der Waals surface area contributed by atoms with E-state index in [2.05, 4.69) is 14.4 Å². The predicted octanol–water partition coefficient (Wildman–Crippen LogP) is -1.70. The number of aliphatic hydroxyl groups is 1. The van der Waals surface area contributed by atoms with Gasteiger partial charge in [-0.25, -0.2) is 0 Å². The number of amides is 1. The van der Waals surface area contributed by atoms with E-state index in [0.29, 0.717) is 17.4 Å². The summed E-state index contributed by atoms with van der Waals surface area (Å²) in [6, 6.07) is -0.772. The van der Waals surface area contributed by atoms with Gasteiger partial charge in [0, 0.05) is 0 Å². The van der Waals surface area contributed by atoms with E-state index in [0.717, 1.165) is 0 Å². The number of phosphoric acid groups is 1. The number of hydrogen-bond donors (Lipinski definition) is 2. The van der Waals surface area contributed by atoms with Crippen LogP contribution in [0.5, 0.6) is 0 Å². The SMILES string of the molecule is C[N+](C)(C)CCOP(=O)([O-])OC[C@@H](CO)NC=O. The van der Waals surface area contributed by atoms with Crippen molar-refractivity contribution in [3.63, 3.8) is 0 Å². The molecule has 0 saturated carbocycles. The van der Waals surface area contributed by atoms with Gasteiger partial charge in [-0.2, -0.15) is 0 Å². The fourth-order valence-electron chi connectivity index (χ4n) is 0.895. The number of phosphoric ester groups is 1. The molecular formula is C9H21N2O6P. The summed E-state index contributed by atoms with van der Waals surface area (Å²) in [6.45, 7) is -0.265. The molecule has 18 heavy (non-hydrogen) atoms. The van der Waals surface area contributed by atoms with Crippen molar-refractivity contribution in [2.45, 2.75) is 6.04 Å². The van der Waals surface area contributed by atoms with Gasteiger partial charge < -0.3 is 28.8 Å². The molecule has 0 aliphatic rings. The van der Waals surface area contributed by atoms with Gasteiger partial charge in [-0.3, -0.25) is 9.36 Å². The number of rotatable bonds is 10. The lowest BCUT2D eigenvalue weighted by atomic mass is 10.3. The number of carbonyl (C=O) groups excluding carboxylic acids is 1. The van der Waals surface area contributed by atoms with Crippen molar-refractivity contribution < 1.29 is 32.9 Å². The topological polar surface area (TPSA) is 108 Å². The lowest BCUT2D eigenvalue weighted by Gasteiger charge is -2.28. The zero-order valence-corrected chi connectivity index (χ0v) is 11.8. The average molecular weight is 284 g/mol. The first-order chi connectivity index (χ1) is 8.20. The Morgan fingerprint density at radius 3 is 2.50 bits per heavy atom. The molecule has 0 rings (SSSR count). The fraction of sp³-hybridized carbons (Fsp3) is 0.889. The third-order valence-electron chi connectivity index (χ3n) is 1.97. The van der Waals surface area contributed by atoms with Gasteiger partial charge in [-0.05, 0) is 0 Å². The van der Waals surface area contributed by atoms with Gasteiger partial charge in [0.05, 0.1) is 40.4 Å². The van der Waals surface area contributed by atoms with Crippen LogP contribution in [0.15, 0.2) is 0 Å². The highest BCUT2D eigenvalue weighted by atomic mass is 31.2. The summed E-state index contributed by atoms with van der Waals surface area (Å²) in [4.78, 5) is 21.4. The Balaban J connectivity index is 3.99. The first kappa shape index (κ1) is 17.5. The Hall–Kier alpha value is -0.500. The third-order valence-corrected chi connectivity index (χ3v) is 2.93. The summed E-state index contributed by atoms with van der Waals surface area (Å²) in [5.74, 6) is 0. The van der Waals surface area contributed by atoms with Crippen molar-refractivity contribution in [1.82, 2.24) is 5.32 Å². The number of quaternary nitrogens is 1. The molecule has 0 spiro atoms. The number of nitrogens with zero attached hydrogens (tertiary/aromatic N) is 1. The zero-order chi connectivity index (χ0) is 14.2. The minimum Gasteiger partial charge on any atom is -0.756 e. The Bertz CT molecular complexity index is 293. The van der Waals surface area contributed by atoms with E-state index >= 15 is 0 Å². The molecule has 8 nitrogen and oxygen atoms in total. The second kappa shape index (κ2) is 7.83. The van der Waals surface area contributed by atoms with Crippen LogP contribution in [0.3, 0.4) is 0 Å². The molecule has 9 heteroatoms. The molecular weight excluding hydrogens is 263 g/mol. The molecule has 0 aromatic rings. The van der Waals surface area contributed by atoms with Crippen molar-refractivity contribution in [3.05, 3.63) is 0 Å². The molecule has 0 aromatic heterocycles. The smallest absolute Gasteiger partial charge is 0.268 e. The van der Waals surface area contributed by atoms with Gasteiger partial charge in [0.15, 0.2) is 0 Å². The summed E-state index contributed by atoms with van der Waals surface area (Å²) >= 11 is 0. The molecule has 0 heterocycles. The highest BCUT2D eigenvalue weighted by molar-refractivity contribution is 7.45. The third kappa shape index (κ3) is 9.52. The standard InChI is InChI=1S/C9H21N2O6P/c1-11(2,3)4-5-16-18(14,15)17-7-9(6-12)10-8-13/h8-9,12H,4-7H2,1-3H3,(H-,10,13,14,15)/t9-/m1/s1. The number of aliphatic hydroxyl groups excluding tert-OH is 1. The zero-order valence-electron chi connectivity index (χ0n) is 10.9. The monoisotopic (exact) mass is 284 g/mol. The maximum absolute atomic E-state index is 11.3. The van der Waals surface area contributed by atoms with Crippen LogP contribution in [0.1, 0.15) is 0 Å². The van der Waals surface area contributed by atoms with Gasteiger partial charge in [-0.1, -0.05) is 0 Å². The predicted molar refractivity (Wildman–Crippen MR) is 62.5 cm³/mol. The van der Waals surface area contributed by atoms with E-state index in [4.69, 9.17) is 5.11 Å². The fourth-order valence-corrected chi connectivity index (χ4v) is 1.64. The van der Waals surface area contributed by atoms with Crippen LogP contribution < -0.4 is 10.2 Å². The Labute approximate surface area is 107 Å². The van der Waals surface area contributed by atoms with Crippen molar-refractivity contribution in [2.75, 3.05) is 47.5 Å². The lowest BCUT2D eigenvalue weighted by Crippen LogP contribution is -2.38. The van der Waals surface area contributed by atoms with Gasteiger partial charge in [0.1, 0.15) is 13.2 Å². The molecule has 0 radical (unpaired) electrons. The summed E-state index contributed by atoms with van der Waals surface area (Å²) in [6.07, 6.45) is 0.359. The first-order valence-electron chi connectivity index (χ1n) is 5.41. The maximum Gasteiger partial charge on any atom is 0.268 e. The van der Waals surface area contributed by atoms with Crippen LogP contribution in [-0.4, -0.2) is 69.5 Å². The quantitative estimate of drug-likeness (QED) is 0.281. The highest BCUT2D eigenvalue weighted by Gasteiger charge is 2.15. The van der Waals surface area contributed by atoms with Crippen molar-refractivity contribution >= 4 is 14.2 Å². The van der Waals surface area contributed by atoms with E-state index in [-0.39, 0.29) is 13.2 Å². The molecule has 0 bridgehead atoms. The van der Waals surface area contributed by atoms with E-state index in [1.807, 2.05) is 21.1 Å². The molecule has 2 atom stereocenters. The molecule has 0 aliphatic heterocycles. The van der Waals surface area contributed by atoms with Crippen LogP contribution >= 0.6 is 7.82 Å². The Kier molecular flexibility index (Phi) is 7.61. The average Bonchev–Trinajstić information content (AvgIpc) is 2.22. The molecule has 108 valence electrons. The second-order valence-electron chi connectivity index (χ2n) is 4.75. The minimum absolute atomic E-state index is 0.00911. The summed E-state index contributed by atoms with van der Waals surface area (Å²) < 4.78 is 21.1. The van der Waals surface area contributed by atoms with E-state index < -0.39 is 20.5 Å². The first-order valence-corrected chi connectivity index (χ1v) is 6.87. The van der Waals surface area contributed by atoms with Crippen LogP contribution in [0.2, 0.25) is 0 Å². The van der Waals surface area contributed by atoms with E-state index in [1.54, 1.807) is 0 Å². The van der Waals surface area contributed by atoms with Crippen molar-refractivity contribution in [1.29, 1.82) is 0 Å². The second-order valence-corrected chi connectivity index (χ2v) is 6.16. The van der Waals surface area contributed by atoms with Crippen LogP contribution in [-0.2, 0) is 18.4 Å². The van der Waals surface area contributed by atoms with Gasteiger partial charge in [-0.15, -0.1) is 0 Å². The number of likely N-dealkylation sites (N-methyl/N-ethyl adjacent to an activating group) is 1.